The molecule has 0 saturated carbocycles. The number of halogens is 3. The van der Waals surface area contributed by atoms with Crippen molar-refractivity contribution in [1.29, 1.82) is 0 Å². The number of pyridine rings is 1. The number of benzene rings is 2. The van der Waals surface area contributed by atoms with Crippen LogP contribution in [0.5, 0.6) is 5.88 Å². The minimum absolute atomic E-state index is 0.00436. The molecule has 8 heteroatoms. The smallest absolute Gasteiger partial charge is 0.414 e. The molecular weight excluding hydrogens is 579 g/mol. The van der Waals surface area contributed by atoms with E-state index in [0.29, 0.717) is 31.7 Å². The number of rotatable bonds is 21. The molecule has 246 valence electrons. The zero-order valence-corrected chi connectivity index (χ0v) is 26.7. The Hall–Kier alpha value is -3.39. The number of carboxylic acid groups (broad SMARTS) is 1. The number of nitrogens with zero attached hydrogens (tertiary/aromatic N) is 1. The average Bonchev–Trinajstić information content (AvgIpc) is 3.03. The van der Waals surface area contributed by atoms with Crippen LogP contribution >= 0.6 is 0 Å². The van der Waals surface area contributed by atoms with Gasteiger partial charge in [0, 0.05) is 30.9 Å². The number of aliphatic carboxylic acids is 1. The van der Waals surface area contributed by atoms with Crippen molar-refractivity contribution in [2.45, 2.75) is 109 Å². The fourth-order valence-electron chi connectivity index (χ4n) is 5.42. The standard InChI is InChI=1S/C37H48F3NO4/c1-3-4-5-6-7-8-9-13-24-45-35-22-20-32(27-41-35)34-26-31(19-21-33(34)30-15-11-10-12-16-30)29(17-14-18-36(42)43)23-25-44-28(2)37(38,39)40/h10-12,15-16,19-22,26-29H,3-9,13-14,17-18,23-25H2,1-2H3,(H,42,43). The predicted octanol–water partition coefficient (Wildman–Crippen LogP) is 10.6. The number of carboxylic acids is 1. The van der Waals surface area contributed by atoms with Gasteiger partial charge in [0.15, 0.2) is 6.10 Å². The normalized spacial score (nSPS) is 13.0. The Labute approximate surface area is 266 Å². The number of carbonyl (C=O) groups is 1. The summed E-state index contributed by atoms with van der Waals surface area (Å²) in [5.74, 6) is -0.497. The summed E-state index contributed by atoms with van der Waals surface area (Å²) in [7, 11) is 0. The van der Waals surface area contributed by atoms with Gasteiger partial charge in [-0.2, -0.15) is 13.2 Å². The van der Waals surface area contributed by atoms with Crippen molar-refractivity contribution in [3.8, 4) is 28.1 Å². The topological polar surface area (TPSA) is 68.7 Å². The second-order valence-corrected chi connectivity index (χ2v) is 11.7. The molecule has 3 aromatic rings. The summed E-state index contributed by atoms with van der Waals surface area (Å²) in [6, 6.07) is 19.9. The van der Waals surface area contributed by atoms with Crippen molar-refractivity contribution in [3.63, 3.8) is 0 Å². The first-order valence-corrected chi connectivity index (χ1v) is 16.4. The molecule has 0 amide bonds. The van der Waals surface area contributed by atoms with Crippen LogP contribution in [-0.4, -0.2) is 41.6 Å². The monoisotopic (exact) mass is 627 g/mol. The van der Waals surface area contributed by atoms with Crippen LogP contribution in [0.3, 0.4) is 0 Å². The van der Waals surface area contributed by atoms with Crippen molar-refractivity contribution >= 4 is 5.97 Å². The fraction of sp³-hybridized carbons (Fsp3) is 0.514. The average molecular weight is 628 g/mol. The molecule has 0 aliphatic rings. The number of hydrogen-bond acceptors (Lipinski definition) is 4. The van der Waals surface area contributed by atoms with Crippen molar-refractivity contribution in [3.05, 3.63) is 72.4 Å². The molecule has 3 rings (SSSR count). The number of hydrogen-bond donors (Lipinski definition) is 1. The van der Waals surface area contributed by atoms with Gasteiger partial charge in [0.25, 0.3) is 0 Å². The summed E-state index contributed by atoms with van der Waals surface area (Å²) in [6.07, 6.45) is 6.60. The Bertz CT molecular complexity index is 1260. The van der Waals surface area contributed by atoms with E-state index in [1.165, 1.54) is 38.5 Å². The number of ether oxygens (including phenoxy) is 2. The van der Waals surface area contributed by atoms with E-state index in [1.807, 2.05) is 54.6 Å². The molecule has 0 saturated heterocycles. The molecule has 0 aliphatic heterocycles. The highest BCUT2D eigenvalue weighted by molar-refractivity contribution is 5.83. The molecule has 2 unspecified atom stereocenters. The third kappa shape index (κ3) is 12.9. The first-order valence-electron chi connectivity index (χ1n) is 16.4. The summed E-state index contributed by atoms with van der Waals surface area (Å²) < 4.78 is 50.1. The summed E-state index contributed by atoms with van der Waals surface area (Å²) in [5, 5.41) is 9.17. The molecule has 0 spiro atoms. The summed E-state index contributed by atoms with van der Waals surface area (Å²) in [5.41, 5.74) is 4.78. The van der Waals surface area contributed by atoms with Crippen LogP contribution in [0.25, 0.3) is 22.3 Å². The molecular formula is C37H48F3NO4. The molecule has 1 aromatic heterocycles. The maximum Gasteiger partial charge on any atom is 0.414 e. The second-order valence-electron chi connectivity index (χ2n) is 11.7. The van der Waals surface area contributed by atoms with Gasteiger partial charge in [-0.3, -0.25) is 4.79 Å². The SMILES string of the molecule is CCCCCCCCCCOc1ccc(-c2cc(C(CCCC(=O)O)CCOC(C)C(F)(F)F)ccc2-c2ccccc2)cn1. The molecule has 45 heavy (non-hydrogen) atoms. The van der Waals surface area contributed by atoms with E-state index in [0.717, 1.165) is 47.6 Å². The first-order chi connectivity index (χ1) is 21.7. The van der Waals surface area contributed by atoms with Gasteiger partial charge >= 0.3 is 12.1 Å². The Balaban J connectivity index is 1.76. The molecule has 0 bridgehead atoms. The van der Waals surface area contributed by atoms with Crippen LogP contribution in [0.2, 0.25) is 0 Å². The molecule has 0 radical (unpaired) electrons. The Morgan fingerprint density at radius 1 is 0.822 bits per heavy atom. The zero-order chi connectivity index (χ0) is 32.5. The number of alkyl halides is 3. The van der Waals surface area contributed by atoms with E-state index in [-0.39, 0.29) is 18.9 Å². The van der Waals surface area contributed by atoms with Gasteiger partial charge in [0.2, 0.25) is 5.88 Å². The maximum absolute atomic E-state index is 13.0. The molecule has 1 heterocycles. The van der Waals surface area contributed by atoms with Gasteiger partial charge in [-0.05, 0) is 66.8 Å². The quantitative estimate of drug-likeness (QED) is 0.119. The third-order valence-corrected chi connectivity index (χ3v) is 8.13. The van der Waals surface area contributed by atoms with E-state index < -0.39 is 18.2 Å². The molecule has 2 atom stereocenters. The van der Waals surface area contributed by atoms with Crippen molar-refractivity contribution in [2.24, 2.45) is 0 Å². The third-order valence-electron chi connectivity index (χ3n) is 8.13. The Morgan fingerprint density at radius 3 is 2.18 bits per heavy atom. The minimum atomic E-state index is -4.43. The fourth-order valence-corrected chi connectivity index (χ4v) is 5.42. The largest absolute Gasteiger partial charge is 0.481 e. The van der Waals surface area contributed by atoms with Crippen LogP contribution in [0.1, 0.15) is 102 Å². The lowest BCUT2D eigenvalue weighted by atomic mass is 9.86. The maximum atomic E-state index is 13.0. The van der Waals surface area contributed by atoms with Gasteiger partial charge < -0.3 is 14.6 Å². The van der Waals surface area contributed by atoms with Crippen LogP contribution < -0.4 is 4.74 Å². The lowest BCUT2D eigenvalue weighted by molar-refractivity contribution is -0.214. The van der Waals surface area contributed by atoms with E-state index in [4.69, 9.17) is 9.47 Å². The summed E-state index contributed by atoms with van der Waals surface area (Å²) >= 11 is 0. The highest BCUT2D eigenvalue weighted by Gasteiger charge is 2.36. The molecule has 0 aliphatic carbocycles. The van der Waals surface area contributed by atoms with Gasteiger partial charge in [-0.15, -0.1) is 0 Å². The zero-order valence-electron chi connectivity index (χ0n) is 26.7. The van der Waals surface area contributed by atoms with E-state index >= 15 is 0 Å². The highest BCUT2D eigenvalue weighted by atomic mass is 19.4. The number of unbranched alkanes of at least 4 members (excludes halogenated alkanes) is 7. The summed E-state index contributed by atoms with van der Waals surface area (Å²) in [4.78, 5) is 15.8. The lowest BCUT2D eigenvalue weighted by Crippen LogP contribution is -2.29. The van der Waals surface area contributed by atoms with E-state index in [1.54, 1.807) is 6.20 Å². The molecule has 0 fully saturated rings. The van der Waals surface area contributed by atoms with Gasteiger partial charge in [0.1, 0.15) is 0 Å². The van der Waals surface area contributed by atoms with Crippen molar-refractivity contribution < 1.29 is 32.5 Å². The Morgan fingerprint density at radius 2 is 1.53 bits per heavy atom. The van der Waals surface area contributed by atoms with Crippen LogP contribution in [0, 0.1) is 0 Å². The molecule has 5 nitrogen and oxygen atoms in total. The van der Waals surface area contributed by atoms with Crippen LogP contribution in [-0.2, 0) is 9.53 Å². The van der Waals surface area contributed by atoms with Gasteiger partial charge in [-0.25, -0.2) is 4.98 Å². The van der Waals surface area contributed by atoms with E-state index in [2.05, 4.69) is 18.0 Å². The van der Waals surface area contributed by atoms with Gasteiger partial charge in [-0.1, -0.05) is 100 Å². The predicted molar refractivity (Wildman–Crippen MR) is 174 cm³/mol. The number of aromatic nitrogens is 1. The molecule has 1 N–H and O–H groups in total. The lowest BCUT2D eigenvalue weighted by Gasteiger charge is -2.22. The van der Waals surface area contributed by atoms with E-state index in [9.17, 15) is 23.1 Å². The minimum Gasteiger partial charge on any atom is -0.481 e. The highest BCUT2D eigenvalue weighted by Crippen LogP contribution is 2.37. The van der Waals surface area contributed by atoms with Crippen LogP contribution in [0.4, 0.5) is 13.2 Å². The first kappa shape index (κ1) is 36.1. The molecule has 2 aromatic carbocycles. The van der Waals surface area contributed by atoms with Crippen molar-refractivity contribution in [1.82, 2.24) is 4.98 Å². The second kappa shape index (κ2) is 19.2. The van der Waals surface area contributed by atoms with Crippen molar-refractivity contribution in [2.75, 3.05) is 13.2 Å². The summed E-state index contributed by atoms with van der Waals surface area (Å²) in [6.45, 7) is 3.77. The Kier molecular flexibility index (Phi) is 15.4. The van der Waals surface area contributed by atoms with Gasteiger partial charge in [0.05, 0.1) is 6.61 Å². The van der Waals surface area contributed by atoms with Crippen LogP contribution in [0.15, 0.2) is 66.9 Å².